The Labute approximate surface area is 191 Å². The highest BCUT2D eigenvalue weighted by Crippen LogP contribution is 2.22. The van der Waals surface area contributed by atoms with Gasteiger partial charge in [0.25, 0.3) is 5.91 Å². The second kappa shape index (κ2) is 10.4. The van der Waals surface area contributed by atoms with Gasteiger partial charge in [-0.1, -0.05) is 11.3 Å². The summed E-state index contributed by atoms with van der Waals surface area (Å²) in [6.45, 7) is 0.138. The fraction of sp³-hybridized carbons (Fsp3) is 0.160. The molecule has 0 radical (unpaired) electrons. The molecule has 3 aromatic carbocycles. The minimum absolute atomic E-state index is 0.138. The Morgan fingerprint density at radius 3 is 2.48 bits per heavy atom. The number of aryl methyl sites for hydroxylation is 1. The van der Waals surface area contributed by atoms with E-state index in [0.717, 1.165) is 22.8 Å². The topological polar surface area (TPSA) is 101 Å². The van der Waals surface area contributed by atoms with E-state index < -0.39 is 0 Å². The molecule has 1 heterocycles. The van der Waals surface area contributed by atoms with Gasteiger partial charge in [-0.15, -0.1) is 5.10 Å². The lowest BCUT2D eigenvalue weighted by molar-refractivity contribution is 0.102. The minimum atomic E-state index is -0.189. The van der Waals surface area contributed by atoms with Gasteiger partial charge in [-0.3, -0.25) is 4.79 Å². The van der Waals surface area contributed by atoms with Crippen molar-refractivity contribution < 1.29 is 14.6 Å². The van der Waals surface area contributed by atoms with E-state index in [-0.39, 0.29) is 12.5 Å². The molecule has 4 aromatic rings. The van der Waals surface area contributed by atoms with E-state index in [4.69, 9.17) is 9.84 Å². The second-order valence-electron chi connectivity index (χ2n) is 7.42. The summed E-state index contributed by atoms with van der Waals surface area (Å²) in [5, 5.41) is 23.5. The Kier molecular flexibility index (Phi) is 6.96. The molecular formula is C25H25N5O3. The van der Waals surface area contributed by atoms with Crippen LogP contribution in [0.25, 0.3) is 5.69 Å². The van der Waals surface area contributed by atoms with Crippen molar-refractivity contribution in [3.8, 4) is 11.4 Å². The van der Waals surface area contributed by atoms with Gasteiger partial charge < -0.3 is 20.5 Å². The molecular weight excluding hydrogens is 418 g/mol. The van der Waals surface area contributed by atoms with Crippen LogP contribution in [0.5, 0.6) is 5.75 Å². The van der Waals surface area contributed by atoms with Gasteiger partial charge in [-0.25, -0.2) is 4.68 Å². The number of rotatable bonds is 9. The maximum atomic E-state index is 12.5. The molecule has 0 spiro atoms. The Morgan fingerprint density at radius 1 is 1.00 bits per heavy atom. The first-order valence-electron chi connectivity index (χ1n) is 10.6. The van der Waals surface area contributed by atoms with Crippen LogP contribution in [0.1, 0.15) is 22.5 Å². The average molecular weight is 444 g/mol. The normalized spacial score (nSPS) is 10.6. The number of nitrogens with one attached hydrogen (secondary N) is 2. The highest BCUT2D eigenvalue weighted by atomic mass is 16.5. The van der Waals surface area contributed by atoms with Crippen molar-refractivity contribution in [1.82, 2.24) is 15.0 Å². The monoisotopic (exact) mass is 443 g/mol. The maximum absolute atomic E-state index is 12.5. The molecule has 1 amide bonds. The van der Waals surface area contributed by atoms with Crippen molar-refractivity contribution in [2.75, 3.05) is 24.4 Å². The third kappa shape index (κ3) is 5.75. The maximum Gasteiger partial charge on any atom is 0.255 e. The van der Waals surface area contributed by atoms with Crippen molar-refractivity contribution >= 4 is 23.0 Å². The van der Waals surface area contributed by atoms with Gasteiger partial charge in [0.15, 0.2) is 0 Å². The molecule has 4 rings (SSSR count). The third-order valence-electron chi connectivity index (χ3n) is 5.03. The number of amides is 1. The molecule has 0 aliphatic carbocycles. The van der Waals surface area contributed by atoms with Crippen LogP contribution >= 0.6 is 0 Å². The fourth-order valence-corrected chi connectivity index (χ4v) is 3.28. The van der Waals surface area contributed by atoms with E-state index in [1.165, 1.54) is 0 Å². The first-order chi connectivity index (χ1) is 16.1. The van der Waals surface area contributed by atoms with Crippen LogP contribution in [-0.4, -0.2) is 39.7 Å². The number of aromatic nitrogens is 3. The number of methoxy groups -OCH3 is 1. The molecule has 0 aliphatic rings. The van der Waals surface area contributed by atoms with Crippen molar-refractivity contribution in [3.63, 3.8) is 0 Å². The summed E-state index contributed by atoms with van der Waals surface area (Å²) in [5.41, 5.74) is 4.73. The number of hydrogen-bond acceptors (Lipinski definition) is 6. The van der Waals surface area contributed by atoms with Crippen LogP contribution in [0, 0.1) is 0 Å². The van der Waals surface area contributed by atoms with Crippen molar-refractivity contribution in [1.29, 1.82) is 0 Å². The summed E-state index contributed by atoms with van der Waals surface area (Å²) < 4.78 is 6.85. The first-order valence-corrected chi connectivity index (χ1v) is 10.6. The largest absolute Gasteiger partial charge is 0.497 e. The van der Waals surface area contributed by atoms with Crippen LogP contribution in [-0.2, 0) is 6.42 Å². The fourth-order valence-electron chi connectivity index (χ4n) is 3.28. The van der Waals surface area contributed by atoms with Gasteiger partial charge in [-0.05, 0) is 79.6 Å². The lowest BCUT2D eigenvalue weighted by atomic mass is 10.2. The zero-order valence-electron chi connectivity index (χ0n) is 18.2. The lowest BCUT2D eigenvalue weighted by Gasteiger charge is -2.10. The summed E-state index contributed by atoms with van der Waals surface area (Å²) >= 11 is 0. The van der Waals surface area contributed by atoms with Gasteiger partial charge in [0, 0.05) is 29.2 Å². The van der Waals surface area contributed by atoms with Gasteiger partial charge in [0.2, 0.25) is 0 Å². The third-order valence-corrected chi connectivity index (χ3v) is 5.03. The summed E-state index contributed by atoms with van der Waals surface area (Å²) in [6, 6.07) is 22.3. The number of hydrogen-bond donors (Lipinski definition) is 3. The Hall–Kier alpha value is -4.17. The molecule has 0 saturated carbocycles. The zero-order valence-corrected chi connectivity index (χ0v) is 18.2. The highest BCUT2D eigenvalue weighted by molar-refractivity contribution is 6.04. The molecule has 0 atom stereocenters. The molecule has 0 aliphatic heterocycles. The van der Waals surface area contributed by atoms with Crippen molar-refractivity contribution in [3.05, 3.63) is 90.3 Å². The van der Waals surface area contributed by atoms with Crippen LogP contribution < -0.4 is 15.4 Å². The second-order valence-corrected chi connectivity index (χ2v) is 7.42. The number of carbonyl (C=O) groups excluding carboxylic acids is 1. The number of aliphatic hydroxyl groups excluding tert-OH is 1. The number of nitrogens with zero attached hydrogens (tertiary/aromatic N) is 3. The molecule has 1 aromatic heterocycles. The molecule has 8 heteroatoms. The minimum Gasteiger partial charge on any atom is -0.497 e. The first kappa shape index (κ1) is 22.0. The van der Waals surface area contributed by atoms with Gasteiger partial charge in [0.1, 0.15) is 5.75 Å². The van der Waals surface area contributed by atoms with Crippen LogP contribution in [0.15, 0.2) is 79.0 Å². The van der Waals surface area contributed by atoms with Crippen LogP contribution in [0.4, 0.5) is 17.1 Å². The number of ether oxygens (including phenoxy) is 1. The molecule has 168 valence electrons. The Balaban J connectivity index is 1.39. The van der Waals surface area contributed by atoms with Gasteiger partial charge in [0.05, 0.1) is 24.7 Å². The molecule has 33 heavy (non-hydrogen) atoms. The standard InChI is InChI=1S/C25H25N5O3/c1-33-24-13-7-18(8-14-24)25(32)27-21-5-2-4-20(16-21)26-19-9-11-23(12-10-19)30-17-22(28-29-30)6-3-15-31/h2,4-5,7-14,16-17,26,31H,3,6,15H2,1H3,(H,27,32). The summed E-state index contributed by atoms with van der Waals surface area (Å²) in [7, 11) is 1.59. The molecule has 8 nitrogen and oxygen atoms in total. The molecule has 0 unspecified atom stereocenters. The Bertz CT molecular complexity index is 1200. The highest BCUT2D eigenvalue weighted by Gasteiger charge is 2.07. The van der Waals surface area contributed by atoms with E-state index in [1.54, 1.807) is 36.1 Å². The number of carbonyl (C=O) groups is 1. The predicted molar refractivity (Wildman–Crippen MR) is 127 cm³/mol. The van der Waals surface area contributed by atoms with Crippen LogP contribution in [0.3, 0.4) is 0 Å². The van der Waals surface area contributed by atoms with E-state index in [1.807, 2.05) is 54.7 Å². The molecule has 0 fully saturated rings. The van der Waals surface area contributed by atoms with Crippen molar-refractivity contribution in [2.24, 2.45) is 0 Å². The number of benzene rings is 3. The van der Waals surface area contributed by atoms with E-state index in [2.05, 4.69) is 20.9 Å². The lowest BCUT2D eigenvalue weighted by Crippen LogP contribution is -2.11. The average Bonchev–Trinajstić information content (AvgIpc) is 3.32. The summed E-state index contributed by atoms with van der Waals surface area (Å²) in [6.07, 6.45) is 3.23. The van der Waals surface area contributed by atoms with Gasteiger partial charge >= 0.3 is 0 Å². The smallest absolute Gasteiger partial charge is 0.255 e. The molecule has 3 N–H and O–H groups in total. The SMILES string of the molecule is COc1ccc(C(=O)Nc2cccc(Nc3ccc(-n4cc(CCCO)nn4)cc3)c2)cc1. The predicted octanol–water partition coefficient (Wildman–Crippen LogP) is 4.20. The number of aliphatic hydroxyl groups is 1. The Morgan fingerprint density at radius 2 is 1.76 bits per heavy atom. The van der Waals surface area contributed by atoms with Crippen molar-refractivity contribution in [2.45, 2.75) is 12.8 Å². The van der Waals surface area contributed by atoms with E-state index in [0.29, 0.717) is 29.8 Å². The quantitative estimate of drug-likeness (QED) is 0.358. The molecule has 0 bridgehead atoms. The van der Waals surface area contributed by atoms with E-state index in [9.17, 15) is 4.79 Å². The van der Waals surface area contributed by atoms with Gasteiger partial charge in [-0.2, -0.15) is 0 Å². The summed E-state index contributed by atoms with van der Waals surface area (Å²) in [4.78, 5) is 12.5. The zero-order chi connectivity index (χ0) is 23.0. The molecule has 0 saturated heterocycles. The summed E-state index contributed by atoms with van der Waals surface area (Å²) in [5.74, 6) is 0.514. The van der Waals surface area contributed by atoms with E-state index >= 15 is 0 Å². The van der Waals surface area contributed by atoms with Crippen LogP contribution in [0.2, 0.25) is 0 Å². The number of anilines is 3.